The number of fused-ring (bicyclic) bond motifs is 1. The second-order valence-corrected chi connectivity index (χ2v) is 7.05. The Labute approximate surface area is 144 Å². The molecule has 0 spiro atoms. The molecule has 0 saturated heterocycles. The van der Waals surface area contributed by atoms with Gasteiger partial charge in [0.05, 0.1) is 10.5 Å². The zero-order valence-corrected chi connectivity index (χ0v) is 14.2. The van der Waals surface area contributed by atoms with E-state index in [4.69, 9.17) is 0 Å². The quantitative estimate of drug-likeness (QED) is 0.472. The van der Waals surface area contributed by atoms with Crippen LogP contribution < -0.4 is 0 Å². The van der Waals surface area contributed by atoms with Crippen LogP contribution in [0.25, 0.3) is 0 Å². The van der Waals surface area contributed by atoms with Gasteiger partial charge < -0.3 is 0 Å². The van der Waals surface area contributed by atoms with Gasteiger partial charge in [-0.3, -0.25) is 10.1 Å². The smallest absolute Gasteiger partial charge is 0.258 e. The third-order valence-electron chi connectivity index (χ3n) is 4.27. The van der Waals surface area contributed by atoms with Crippen LogP contribution in [0.2, 0.25) is 0 Å². The molecule has 0 bridgehead atoms. The number of pyridine rings is 1. The van der Waals surface area contributed by atoms with Crippen molar-refractivity contribution in [3.05, 3.63) is 62.8 Å². The van der Waals surface area contributed by atoms with Crippen molar-refractivity contribution >= 4 is 17.4 Å². The molecule has 2 aromatic rings. The number of rotatable bonds is 4. The number of hydrogen-bond donors (Lipinski definition) is 0. The summed E-state index contributed by atoms with van der Waals surface area (Å²) in [5.41, 5.74) is 3.55. The summed E-state index contributed by atoms with van der Waals surface area (Å²) in [6, 6.07) is 10.9. The van der Waals surface area contributed by atoms with E-state index in [1.807, 2.05) is 6.07 Å². The molecule has 5 nitrogen and oxygen atoms in total. The molecule has 1 aromatic carbocycles. The molecule has 1 aromatic heterocycles. The van der Waals surface area contributed by atoms with E-state index in [-0.39, 0.29) is 10.6 Å². The number of nitro benzene ring substituents is 1. The Bertz CT molecular complexity index is 829. The largest absolute Gasteiger partial charge is 0.273 e. The van der Waals surface area contributed by atoms with Crippen LogP contribution in [-0.4, -0.2) is 9.91 Å². The standard InChI is InChI=1S/C18H17N3O2S/c1-12-6-7-16-14(8-12)9-15(10-19)18(20-16)24-11-13-4-2-3-5-17(13)21(22)23/h2-5,9,12H,6-8,11H2,1H3. The van der Waals surface area contributed by atoms with Crippen molar-refractivity contribution in [2.75, 3.05) is 0 Å². The Hall–Kier alpha value is -2.39. The normalized spacial score (nSPS) is 16.2. The lowest BCUT2D eigenvalue weighted by atomic mass is 9.87. The second-order valence-electron chi connectivity index (χ2n) is 6.08. The number of thioether (sulfide) groups is 1. The summed E-state index contributed by atoms with van der Waals surface area (Å²) in [6.07, 6.45) is 3.01. The van der Waals surface area contributed by atoms with Gasteiger partial charge in [-0.1, -0.05) is 25.1 Å². The highest BCUT2D eigenvalue weighted by molar-refractivity contribution is 7.98. The van der Waals surface area contributed by atoms with Crippen LogP contribution >= 0.6 is 11.8 Å². The SMILES string of the molecule is CC1CCc2nc(SCc3ccccc3[N+](=O)[O-])c(C#N)cc2C1. The Kier molecular flexibility index (Phi) is 4.81. The summed E-state index contributed by atoms with van der Waals surface area (Å²) in [6.45, 7) is 2.21. The molecule has 1 aliphatic carbocycles. The van der Waals surface area contributed by atoms with Crippen LogP contribution in [0.5, 0.6) is 0 Å². The molecule has 24 heavy (non-hydrogen) atoms. The summed E-state index contributed by atoms with van der Waals surface area (Å²) >= 11 is 1.39. The Morgan fingerprint density at radius 2 is 2.25 bits per heavy atom. The number of benzene rings is 1. The van der Waals surface area contributed by atoms with Crippen LogP contribution in [0.15, 0.2) is 35.4 Å². The van der Waals surface area contributed by atoms with E-state index in [0.29, 0.717) is 27.8 Å². The number of nitro groups is 1. The third-order valence-corrected chi connectivity index (χ3v) is 5.31. The van der Waals surface area contributed by atoms with E-state index in [1.165, 1.54) is 23.4 Å². The first-order valence-corrected chi connectivity index (χ1v) is 8.85. The first-order valence-electron chi connectivity index (χ1n) is 7.86. The lowest BCUT2D eigenvalue weighted by Crippen LogP contribution is -2.14. The zero-order chi connectivity index (χ0) is 17.1. The van der Waals surface area contributed by atoms with E-state index in [2.05, 4.69) is 18.0 Å². The minimum atomic E-state index is -0.372. The summed E-state index contributed by atoms with van der Waals surface area (Å²) < 4.78 is 0. The number of aryl methyl sites for hydroxylation is 1. The van der Waals surface area contributed by atoms with Gasteiger partial charge in [0, 0.05) is 23.1 Å². The number of nitriles is 1. The minimum absolute atomic E-state index is 0.107. The lowest BCUT2D eigenvalue weighted by molar-refractivity contribution is -0.385. The highest BCUT2D eigenvalue weighted by Gasteiger charge is 2.20. The molecule has 122 valence electrons. The van der Waals surface area contributed by atoms with E-state index < -0.39 is 0 Å². The van der Waals surface area contributed by atoms with Gasteiger partial charge in [-0.25, -0.2) is 4.98 Å². The highest BCUT2D eigenvalue weighted by Crippen LogP contribution is 2.32. The molecule has 0 saturated carbocycles. The third kappa shape index (κ3) is 3.41. The van der Waals surface area contributed by atoms with Gasteiger partial charge in [0.2, 0.25) is 0 Å². The van der Waals surface area contributed by atoms with Crippen molar-refractivity contribution in [2.24, 2.45) is 5.92 Å². The van der Waals surface area contributed by atoms with Crippen molar-refractivity contribution in [2.45, 2.75) is 37.0 Å². The van der Waals surface area contributed by atoms with Crippen molar-refractivity contribution in [3.63, 3.8) is 0 Å². The second kappa shape index (κ2) is 7.02. The van der Waals surface area contributed by atoms with Crippen LogP contribution in [0.3, 0.4) is 0 Å². The van der Waals surface area contributed by atoms with Crippen LogP contribution in [-0.2, 0) is 18.6 Å². The molecule has 1 unspecified atom stereocenters. The van der Waals surface area contributed by atoms with Gasteiger partial charge in [-0.2, -0.15) is 5.26 Å². The molecule has 1 atom stereocenters. The molecule has 6 heteroatoms. The maximum atomic E-state index is 11.1. The maximum absolute atomic E-state index is 11.1. The Morgan fingerprint density at radius 3 is 3.00 bits per heavy atom. The molecule has 0 aliphatic heterocycles. The van der Waals surface area contributed by atoms with Gasteiger partial charge in [-0.15, -0.1) is 11.8 Å². The molecular weight excluding hydrogens is 322 g/mol. The van der Waals surface area contributed by atoms with E-state index in [9.17, 15) is 15.4 Å². The first kappa shape index (κ1) is 16.5. The van der Waals surface area contributed by atoms with Crippen molar-refractivity contribution < 1.29 is 4.92 Å². The van der Waals surface area contributed by atoms with E-state index >= 15 is 0 Å². The summed E-state index contributed by atoms with van der Waals surface area (Å²) in [4.78, 5) is 15.4. The Morgan fingerprint density at radius 1 is 1.46 bits per heavy atom. The zero-order valence-electron chi connectivity index (χ0n) is 13.4. The molecule has 3 rings (SSSR count). The number of para-hydroxylation sites is 1. The van der Waals surface area contributed by atoms with Gasteiger partial charge >= 0.3 is 0 Å². The van der Waals surface area contributed by atoms with Crippen LogP contribution in [0.1, 0.15) is 35.7 Å². The monoisotopic (exact) mass is 339 g/mol. The number of nitrogens with zero attached hydrogens (tertiary/aromatic N) is 3. The topological polar surface area (TPSA) is 79.8 Å². The van der Waals surface area contributed by atoms with E-state index in [1.54, 1.807) is 18.2 Å². The summed E-state index contributed by atoms with van der Waals surface area (Å²) in [7, 11) is 0. The fourth-order valence-electron chi connectivity index (χ4n) is 2.97. The lowest BCUT2D eigenvalue weighted by Gasteiger charge is -2.21. The molecule has 0 radical (unpaired) electrons. The molecule has 1 heterocycles. The van der Waals surface area contributed by atoms with Crippen molar-refractivity contribution in [3.8, 4) is 6.07 Å². The fraction of sp³-hybridized carbons (Fsp3) is 0.333. The van der Waals surface area contributed by atoms with Gasteiger partial charge in [0.15, 0.2) is 0 Å². The predicted molar refractivity (Wildman–Crippen MR) is 92.8 cm³/mol. The van der Waals surface area contributed by atoms with E-state index in [0.717, 1.165) is 25.0 Å². The molecule has 1 aliphatic rings. The fourth-order valence-corrected chi connectivity index (χ4v) is 3.95. The molecule has 0 amide bonds. The van der Waals surface area contributed by atoms with Gasteiger partial charge in [0.1, 0.15) is 11.1 Å². The average molecular weight is 339 g/mol. The van der Waals surface area contributed by atoms with Crippen LogP contribution in [0.4, 0.5) is 5.69 Å². The first-order chi connectivity index (χ1) is 11.6. The minimum Gasteiger partial charge on any atom is -0.258 e. The Balaban J connectivity index is 1.86. The number of hydrogen-bond acceptors (Lipinski definition) is 5. The predicted octanol–water partition coefficient (Wildman–Crippen LogP) is 4.28. The average Bonchev–Trinajstić information content (AvgIpc) is 2.59. The van der Waals surface area contributed by atoms with Gasteiger partial charge in [0.25, 0.3) is 5.69 Å². The summed E-state index contributed by atoms with van der Waals surface area (Å²) in [5.74, 6) is 1.05. The maximum Gasteiger partial charge on any atom is 0.273 e. The van der Waals surface area contributed by atoms with Gasteiger partial charge in [-0.05, 0) is 36.8 Å². The van der Waals surface area contributed by atoms with Crippen LogP contribution in [0, 0.1) is 27.4 Å². The number of aromatic nitrogens is 1. The molecule has 0 N–H and O–H groups in total. The summed E-state index contributed by atoms with van der Waals surface area (Å²) in [5, 5.41) is 21.2. The molecular formula is C18H17N3O2S. The van der Waals surface area contributed by atoms with Crippen molar-refractivity contribution in [1.29, 1.82) is 5.26 Å². The highest BCUT2D eigenvalue weighted by atomic mass is 32.2. The molecule has 0 fully saturated rings. The van der Waals surface area contributed by atoms with Crippen molar-refractivity contribution in [1.82, 2.24) is 4.98 Å².